The molecule has 168 valence electrons. The molecule has 31 heavy (non-hydrogen) atoms. The predicted molar refractivity (Wildman–Crippen MR) is 121 cm³/mol. The van der Waals surface area contributed by atoms with E-state index in [0.29, 0.717) is 50.6 Å². The van der Waals surface area contributed by atoms with E-state index < -0.39 is 0 Å². The summed E-state index contributed by atoms with van der Waals surface area (Å²) in [5.41, 5.74) is 13.4. The fourth-order valence-corrected chi connectivity index (χ4v) is 2.87. The Hall–Kier alpha value is -3.26. The zero-order valence-electron chi connectivity index (χ0n) is 18.0. The maximum Gasteiger partial charge on any atom is 0.409 e. The van der Waals surface area contributed by atoms with Gasteiger partial charge in [0.1, 0.15) is 12.4 Å². The lowest BCUT2D eigenvalue weighted by Crippen LogP contribution is -2.36. The Morgan fingerprint density at radius 1 is 1.00 bits per heavy atom. The van der Waals surface area contributed by atoms with Crippen LogP contribution in [0.15, 0.2) is 48.5 Å². The topological polar surface area (TPSA) is 120 Å². The second-order valence-corrected chi connectivity index (χ2v) is 6.97. The SMILES string of the molecule is CCOC(=O)N(CCCCNC(=O)c1ccc(N)cc1)CCOc1ccc(CN)cc1. The fourth-order valence-electron chi connectivity index (χ4n) is 2.87. The van der Waals surface area contributed by atoms with Crippen LogP contribution in [0.5, 0.6) is 5.75 Å². The van der Waals surface area contributed by atoms with Crippen molar-refractivity contribution in [2.75, 3.05) is 38.6 Å². The predicted octanol–water partition coefficient (Wildman–Crippen LogP) is 2.78. The molecule has 0 atom stereocenters. The molecule has 8 heteroatoms. The molecule has 0 heterocycles. The summed E-state index contributed by atoms with van der Waals surface area (Å²) in [6, 6.07) is 14.3. The molecule has 0 aromatic heterocycles. The van der Waals surface area contributed by atoms with Gasteiger partial charge in [0, 0.05) is 30.9 Å². The highest BCUT2D eigenvalue weighted by Gasteiger charge is 2.14. The van der Waals surface area contributed by atoms with Gasteiger partial charge in [-0.2, -0.15) is 0 Å². The minimum atomic E-state index is -0.365. The van der Waals surface area contributed by atoms with E-state index in [1.165, 1.54) is 0 Å². The normalized spacial score (nSPS) is 10.4. The Kier molecular flexibility index (Phi) is 10.2. The number of nitrogens with zero attached hydrogens (tertiary/aromatic N) is 1. The van der Waals surface area contributed by atoms with E-state index in [4.69, 9.17) is 20.9 Å². The Morgan fingerprint density at radius 2 is 1.71 bits per heavy atom. The maximum atomic E-state index is 12.2. The van der Waals surface area contributed by atoms with Crippen LogP contribution >= 0.6 is 0 Å². The Labute approximate surface area is 183 Å². The molecule has 2 amide bonds. The van der Waals surface area contributed by atoms with Gasteiger partial charge in [0.15, 0.2) is 0 Å². The molecule has 0 unspecified atom stereocenters. The summed E-state index contributed by atoms with van der Waals surface area (Å²) < 4.78 is 10.9. The van der Waals surface area contributed by atoms with Crippen molar-refractivity contribution < 1.29 is 19.1 Å². The number of nitrogen functional groups attached to an aromatic ring is 1. The van der Waals surface area contributed by atoms with Crippen LogP contribution in [0.2, 0.25) is 0 Å². The van der Waals surface area contributed by atoms with Crippen LogP contribution in [0.25, 0.3) is 0 Å². The molecule has 0 spiro atoms. The molecule has 2 aromatic rings. The molecule has 0 aliphatic rings. The smallest absolute Gasteiger partial charge is 0.409 e. The molecule has 0 aliphatic carbocycles. The van der Waals surface area contributed by atoms with E-state index in [-0.39, 0.29) is 12.0 Å². The molecule has 5 N–H and O–H groups in total. The number of anilines is 1. The molecular formula is C23H32N4O4. The van der Waals surface area contributed by atoms with Crippen molar-refractivity contribution in [3.05, 3.63) is 59.7 Å². The van der Waals surface area contributed by atoms with Crippen LogP contribution in [-0.4, -0.2) is 49.7 Å². The van der Waals surface area contributed by atoms with Gasteiger partial charge in [-0.1, -0.05) is 12.1 Å². The number of carbonyl (C=O) groups excluding carboxylic acids is 2. The van der Waals surface area contributed by atoms with Crippen LogP contribution in [0.4, 0.5) is 10.5 Å². The fraction of sp³-hybridized carbons (Fsp3) is 0.391. The number of hydrogen-bond acceptors (Lipinski definition) is 6. The number of unbranched alkanes of at least 4 members (excludes halogenated alkanes) is 1. The number of ether oxygens (including phenoxy) is 2. The van der Waals surface area contributed by atoms with Crippen molar-refractivity contribution in [2.45, 2.75) is 26.3 Å². The molecule has 0 bridgehead atoms. The van der Waals surface area contributed by atoms with Gasteiger partial charge in [-0.15, -0.1) is 0 Å². The van der Waals surface area contributed by atoms with Crippen molar-refractivity contribution in [1.29, 1.82) is 0 Å². The lowest BCUT2D eigenvalue weighted by molar-refractivity contribution is 0.0942. The summed E-state index contributed by atoms with van der Waals surface area (Å²) >= 11 is 0. The standard InChI is InChI=1S/C23H32N4O4/c1-2-30-23(29)27(15-16-31-21-11-5-18(17-24)6-12-21)14-4-3-13-26-22(28)19-7-9-20(25)10-8-19/h5-12H,2-4,13-17,24-25H2,1H3,(H,26,28). The van der Waals surface area contributed by atoms with Crippen molar-refractivity contribution >= 4 is 17.7 Å². The molecule has 0 fully saturated rings. The third-order valence-corrected chi connectivity index (χ3v) is 4.63. The summed E-state index contributed by atoms with van der Waals surface area (Å²) in [5, 5.41) is 2.87. The molecule has 0 radical (unpaired) electrons. The minimum Gasteiger partial charge on any atom is -0.492 e. The van der Waals surface area contributed by atoms with Crippen molar-refractivity contribution in [3.8, 4) is 5.75 Å². The molecule has 0 saturated heterocycles. The summed E-state index contributed by atoms with van der Waals surface area (Å²) in [6.07, 6.45) is 1.10. The van der Waals surface area contributed by atoms with E-state index >= 15 is 0 Å². The van der Waals surface area contributed by atoms with Gasteiger partial charge in [0.05, 0.1) is 13.2 Å². The van der Waals surface area contributed by atoms with Gasteiger partial charge in [-0.25, -0.2) is 4.79 Å². The summed E-state index contributed by atoms with van der Waals surface area (Å²) in [4.78, 5) is 25.9. The Bertz CT molecular complexity index is 809. The number of nitrogens with two attached hydrogens (primary N) is 2. The Balaban J connectivity index is 1.72. The highest BCUT2D eigenvalue weighted by atomic mass is 16.6. The van der Waals surface area contributed by atoms with Crippen LogP contribution in [0.3, 0.4) is 0 Å². The first-order valence-corrected chi connectivity index (χ1v) is 10.5. The van der Waals surface area contributed by atoms with Crippen LogP contribution < -0.4 is 21.5 Å². The van der Waals surface area contributed by atoms with Crippen molar-refractivity contribution in [1.82, 2.24) is 10.2 Å². The molecular weight excluding hydrogens is 396 g/mol. The number of carbonyl (C=O) groups is 2. The van der Waals surface area contributed by atoms with Crippen LogP contribution in [0, 0.1) is 0 Å². The quantitative estimate of drug-likeness (QED) is 0.353. The van der Waals surface area contributed by atoms with E-state index in [0.717, 1.165) is 24.2 Å². The van der Waals surface area contributed by atoms with Gasteiger partial charge in [0.2, 0.25) is 0 Å². The van der Waals surface area contributed by atoms with Gasteiger partial charge < -0.3 is 31.2 Å². The first-order chi connectivity index (χ1) is 15.0. The first kappa shape index (κ1) is 24.0. The van der Waals surface area contributed by atoms with Gasteiger partial charge in [0.25, 0.3) is 5.91 Å². The summed E-state index contributed by atoms with van der Waals surface area (Å²) in [6.45, 7) is 4.38. The van der Waals surface area contributed by atoms with Crippen LogP contribution in [0.1, 0.15) is 35.7 Å². The monoisotopic (exact) mass is 428 g/mol. The lowest BCUT2D eigenvalue weighted by atomic mass is 10.2. The Morgan fingerprint density at radius 3 is 2.35 bits per heavy atom. The van der Waals surface area contributed by atoms with Crippen molar-refractivity contribution in [3.63, 3.8) is 0 Å². The summed E-state index contributed by atoms with van der Waals surface area (Å²) in [7, 11) is 0. The number of amides is 2. The molecule has 8 nitrogen and oxygen atoms in total. The number of rotatable bonds is 12. The van der Waals surface area contributed by atoms with Crippen molar-refractivity contribution in [2.24, 2.45) is 5.73 Å². The second kappa shape index (κ2) is 13.1. The van der Waals surface area contributed by atoms with E-state index in [2.05, 4.69) is 5.32 Å². The first-order valence-electron chi connectivity index (χ1n) is 10.5. The largest absolute Gasteiger partial charge is 0.492 e. The molecule has 2 rings (SSSR count). The molecule has 2 aromatic carbocycles. The zero-order chi connectivity index (χ0) is 22.5. The molecule has 0 aliphatic heterocycles. The maximum absolute atomic E-state index is 12.2. The summed E-state index contributed by atoms with van der Waals surface area (Å²) in [5.74, 6) is 0.586. The molecule has 0 saturated carbocycles. The van der Waals surface area contributed by atoms with E-state index in [9.17, 15) is 9.59 Å². The number of hydrogen-bond donors (Lipinski definition) is 3. The lowest BCUT2D eigenvalue weighted by Gasteiger charge is -2.22. The third-order valence-electron chi connectivity index (χ3n) is 4.63. The highest BCUT2D eigenvalue weighted by molar-refractivity contribution is 5.94. The average Bonchev–Trinajstić information content (AvgIpc) is 2.78. The van der Waals surface area contributed by atoms with Gasteiger partial charge in [-0.3, -0.25) is 4.79 Å². The zero-order valence-corrected chi connectivity index (χ0v) is 18.0. The van der Waals surface area contributed by atoms with Gasteiger partial charge in [-0.05, 0) is 61.7 Å². The van der Waals surface area contributed by atoms with E-state index in [1.54, 1.807) is 36.1 Å². The average molecular weight is 429 g/mol. The van der Waals surface area contributed by atoms with E-state index in [1.807, 2.05) is 24.3 Å². The number of nitrogens with one attached hydrogen (secondary N) is 1. The minimum absolute atomic E-state index is 0.142. The third kappa shape index (κ3) is 8.55. The second-order valence-electron chi connectivity index (χ2n) is 6.97. The number of benzene rings is 2. The highest BCUT2D eigenvalue weighted by Crippen LogP contribution is 2.12. The van der Waals surface area contributed by atoms with Crippen LogP contribution in [-0.2, 0) is 11.3 Å². The van der Waals surface area contributed by atoms with Gasteiger partial charge >= 0.3 is 6.09 Å².